The van der Waals surface area contributed by atoms with Gasteiger partial charge in [-0.1, -0.05) is 53.2 Å². The van der Waals surface area contributed by atoms with Crippen molar-refractivity contribution in [1.82, 2.24) is 25.5 Å². The first-order chi connectivity index (χ1) is 14.6. The Morgan fingerprint density at radius 2 is 2.07 bits per heavy atom. The van der Waals surface area contributed by atoms with Gasteiger partial charge in [0.15, 0.2) is 11.5 Å². The zero-order valence-corrected chi connectivity index (χ0v) is 19.0. The molecule has 0 fully saturated rings. The molecule has 0 saturated carbocycles. The fourth-order valence-corrected chi connectivity index (χ4v) is 3.88. The molecule has 0 radical (unpaired) electrons. The van der Waals surface area contributed by atoms with E-state index < -0.39 is 0 Å². The number of aromatic nitrogens is 4. The van der Waals surface area contributed by atoms with Crippen LogP contribution in [0.3, 0.4) is 0 Å². The maximum absolute atomic E-state index is 6.49. The first-order valence-electron chi connectivity index (χ1n) is 9.67. The first kappa shape index (κ1) is 22.4. The molecule has 30 heavy (non-hydrogen) atoms. The Labute approximate surface area is 186 Å². The van der Waals surface area contributed by atoms with Crippen molar-refractivity contribution in [1.29, 1.82) is 0 Å². The highest BCUT2D eigenvalue weighted by molar-refractivity contribution is 7.99. The maximum Gasteiger partial charge on any atom is 0.209 e. The van der Waals surface area contributed by atoms with Gasteiger partial charge in [-0.15, -0.1) is 5.10 Å². The lowest BCUT2D eigenvalue weighted by molar-refractivity contribution is 0.284. The van der Waals surface area contributed by atoms with Gasteiger partial charge in [0.2, 0.25) is 5.16 Å². The second-order valence-corrected chi connectivity index (χ2v) is 8.31. The molecule has 0 unspecified atom stereocenters. The molecule has 0 atom stereocenters. The van der Waals surface area contributed by atoms with Crippen LogP contribution < -0.4 is 14.8 Å². The van der Waals surface area contributed by atoms with E-state index in [2.05, 4.69) is 39.9 Å². The summed E-state index contributed by atoms with van der Waals surface area (Å²) < 4.78 is 13.1. The maximum atomic E-state index is 6.49. The summed E-state index contributed by atoms with van der Waals surface area (Å²) >= 11 is 8.13. The Hall–Kier alpha value is -2.29. The van der Waals surface area contributed by atoms with E-state index in [1.54, 1.807) is 23.6 Å². The summed E-state index contributed by atoms with van der Waals surface area (Å²) in [6.45, 7) is 4.05. The van der Waals surface area contributed by atoms with Crippen LogP contribution in [0.2, 0.25) is 5.02 Å². The molecule has 0 aliphatic rings. The summed E-state index contributed by atoms with van der Waals surface area (Å²) in [6, 6.07) is 12.0. The van der Waals surface area contributed by atoms with Crippen LogP contribution in [0.1, 0.15) is 23.1 Å². The minimum atomic E-state index is 0.463. The third kappa shape index (κ3) is 6.35. The molecule has 1 N–H and O–H groups in total. The average Bonchev–Trinajstić information content (AvgIpc) is 3.14. The lowest BCUT2D eigenvalue weighted by atomic mass is 10.1. The van der Waals surface area contributed by atoms with Gasteiger partial charge in [-0.3, -0.25) is 0 Å². The molecule has 0 aliphatic carbocycles. The molecule has 1 heterocycles. The van der Waals surface area contributed by atoms with Gasteiger partial charge in [-0.2, -0.15) is 0 Å². The summed E-state index contributed by atoms with van der Waals surface area (Å²) in [5, 5.41) is 16.3. The van der Waals surface area contributed by atoms with Gasteiger partial charge in [0.25, 0.3) is 0 Å². The minimum Gasteiger partial charge on any atom is -0.493 e. The van der Waals surface area contributed by atoms with Crippen LogP contribution in [-0.2, 0) is 20.2 Å². The number of tetrazole rings is 1. The average molecular weight is 448 g/mol. The quantitative estimate of drug-likeness (QED) is 0.351. The number of methoxy groups -OCH3 is 1. The second-order valence-electron chi connectivity index (χ2n) is 6.84. The number of hydrogen-bond acceptors (Lipinski definition) is 7. The van der Waals surface area contributed by atoms with Crippen LogP contribution in [0.4, 0.5) is 0 Å². The molecule has 0 spiro atoms. The number of halogens is 1. The molecule has 0 aliphatic heterocycles. The van der Waals surface area contributed by atoms with Gasteiger partial charge in [-0.25, -0.2) is 4.68 Å². The topological polar surface area (TPSA) is 74.1 Å². The van der Waals surface area contributed by atoms with Gasteiger partial charge < -0.3 is 14.8 Å². The largest absolute Gasteiger partial charge is 0.493 e. The fourth-order valence-electron chi connectivity index (χ4n) is 2.88. The van der Waals surface area contributed by atoms with E-state index in [0.29, 0.717) is 29.7 Å². The lowest BCUT2D eigenvalue weighted by Gasteiger charge is -2.14. The third-order valence-corrected chi connectivity index (χ3v) is 5.88. The molecule has 0 saturated heterocycles. The Bertz CT molecular complexity index is 966. The van der Waals surface area contributed by atoms with Crippen molar-refractivity contribution >= 4 is 23.4 Å². The summed E-state index contributed by atoms with van der Waals surface area (Å²) in [4.78, 5) is 0. The standard InChI is InChI=1S/C21H26ClN5O2S/c1-15-6-4-7-16(10-15)14-29-20-12-18(22)17(11-19(20)28-3)13-23-8-5-9-30-21-24-25-26-27(21)2/h4,6-7,10-12,23H,5,8-9,13-14H2,1-3H3. The molecule has 7 nitrogen and oxygen atoms in total. The van der Waals surface area contributed by atoms with E-state index in [1.165, 1.54) is 5.56 Å². The van der Waals surface area contributed by atoms with Gasteiger partial charge in [0, 0.05) is 30.4 Å². The van der Waals surface area contributed by atoms with Crippen LogP contribution in [0.25, 0.3) is 0 Å². The molecule has 160 valence electrons. The van der Waals surface area contributed by atoms with Crippen molar-refractivity contribution in [3.63, 3.8) is 0 Å². The van der Waals surface area contributed by atoms with Crippen molar-refractivity contribution in [3.8, 4) is 11.5 Å². The van der Waals surface area contributed by atoms with Crippen molar-refractivity contribution < 1.29 is 9.47 Å². The predicted molar refractivity (Wildman–Crippen MR) is 119 cm³/mol. The van der Waals surface area contributed by atoms with Crippen molar-refractivity contribution in [3.05, 3.63) is 58.1 Å². The van der Waals surface area contributed by atoms with E-state index in [1.807, 2.05) is 31.3 Å². The number of benzene rings is 2. The van der Waals surface area contributed by atoms with Crippen LogP contribution in [0, 0.1) is 6.92 Å². The molecule has 0 amide bonds. The summed E-state index contributed by atoms with van der Waals surface area (Å²) in [6.07, 6.45) is 0.990. The zero-order chi connectivity index (χ0) is 21.3. The number of rotatable bonds is 11. The molecule has 3 aromatic rings. The van der Waals surface area contributed by atoms with Crippen LogP contribution in [0.5, 0.6) is 11.5 Å². The van der Waals surface area contributed by atoms with Gasteiger partial charge >= 0.3 is 0 Å². The SMILES string of the molecule is COc1cc(CNCCCSc2nnnn2C)c(Cl)cc1OCc1cccc(C)c1. The van der Waals surface area contributed by atoms with E-state index in [9.17, 15) is 0 Å². The second kappa shape index (κ2) is 11.2. The van der Waals surface area contributed by atoms with E-state index in [4.69, 9.17) is 21.1 Å². The Kier molecular flexibility index (Phi) is 8.36. The summed E-state index contributed by atoms with van der Waals surface area (Å²) in [7, 11) is 3.47. The Balaban J connectivity index is 1.48. The van der Waals surface area contributed by atoms with Crippen molar-refractivity contribution in [2.45, 2.75) is 31.7 Å². The van der Waals surface area contributed by atoms with E-state index >= 15 is 0 Å². The van der Waals surface area contributed by atoms with Crippen molar-refractivity contribution in [2.24, 2.45) is 7.05 Å². The number of nitrogens with one attached hydrogen (secondary N) is 1. The molecular formula is C21H26ClN5O2S. The molecule has 2 aromatic carbocycles. The molecule has 0 bridgehead atoms. The fraction of sp³-hybridized carbons (Fsp3) is 0.381. The molecule has 3 rings (SSSR count). The van der Waals surface area contributed by atoms with Crippen LogP contribution >= 0.6 is 23.4 Å². The molecule has 1 aromatic heterocycles. The first-order valence-corrected chi connectivity index (χ1v) is 11.0. The van der Waals surface area contributed by atoms with Crippen LogP contribution in [-0.4, -0.2) is 39.6 Å². The van der Waals surface area contributed by atoms with E-state index in [-0.39, 0.29) is 0 Å². The number of thioether (sulfide) groups is 1. The van der Waals surface area contributed by atoms with E-state index in [0.717, 1.165) is 35.0 Å². The number of hydrogen-bond donors (Lipinski definition) is 1. The molecule has 9 heteroatoms. The van der Waals surface area contributed by atoms with Crippen LogP contribution in [0.15, 0.2) is 41.6 Å². The highest BCUT2D eigenvalue weighted by Gasteiger charge is 2.11. The summed E-state index contributed by atoms with van der Waals surface area (Å²) in [5.41, 5.74) is 3.28. The van der Waals surface area contributed by atoms with Gasteiger partial charge in [0.05, 0.1) is 7.11 Å². The zero-order valence-electron chi connectivity index (χ0n) is 17.4. The smallest absolute Gasteiger partial charge is 0.209 e. The number of nitrogens with zero attached hydrogens (tertiary/aromatic N) is 4. The number of aryl methyl sites for hydroxylation is 2. The Morgan fingerprint density at radius 1 is 1.20 bits per heavy atom. The lowest BCUT2D eigenvalue weighted by Crippen LogP contribution is -2.16. The monoisotopic (exact) mass is 447 g/mol. The Morgan fingerprint density at radius 3 is 2.80 bits per heavy atom. The highest BCUT2D eigenvalue weighted by Crippen LogP contribution is 2.34. The van der Waals surface area contributed by atoms with Gasteiger partial charge in [0.1, 0.15) is 6.61 Å². The summed E-state index contributed by atoms with van der Waals surface area (Å²) in [5.74, 6) is 2.25. The highest BCUT2D eigenvalue weighted by atomic mass is 35.5. The van der Waals surface area contributed by atoms with Crippen molar-refractivity contribution in [2.75, 3.05) is 19.4 Å². The minimum absolute atomic E-state index is 0.463. The predicted octanol–water partition coefficient (Wildman–Crippen LogP) is 4.03. The molecular weight excluding hydrogens is 422 g/mol. The third-order valence-electron chi connectivity index (χ3n) is 4.44. The van der Waals surface area contributed by atoms with Gasteiger partial charge in [-0.05, 0) is 47.5 Å². The normalized spacial score (nSPS) is 10.9. The number of ether oxygens (including phenoxy) is 2.